The van der Waals surface area contributed by atoms with Gasteiger partial charge in [0.05, 0.1) is 0 Å². The molecule has 1 aromatic carbocycles. The van der Waals surface area contributed by atoms with Crippen molar-refractivity contribution in [3.63, 3.8) is 0 Å². The highest BCUT2D eigenvalue weighted by Gasteiger charge is 2.06. The minimum Gasteiger partial charge on any atom is -0.417 e. The van der Waals surface area contributed by atoms with Crippen molar-refractivity contribution in [3.8, 4) is 17.6 Å². The Hall–Kier alpha value is -2.21. The fourth-order valence-corrected chi connectivity index (χ4v) is 1.49. The Labute approximate surface area is 95.6 Å². The summed E-state index contributed by atoms with van der Waals surface area (Å²) in [7, 11) is 0. The number of hydrogen-bond acceptors (Lipinski definition) is 3. The van der Waals surface area contributed by atoms with E-state index in [1.165, 1.54) is 0 Å². The van der Waals surface area contributed by atoms with Gasteiger partial charge in [-0.1, -0.05) is 18.1 Å². The molecule has 0 unspecified atom stereocenters. The highest BCUT2D eigenvalue weighted by Crippen LogP contribution is 2.25. The third-order valence-electron chi connectivity index (χ3n) is 2.17. The van der Waals surface area contributed by atoms with Gasteiger partial charge in [0, 0.05) is 25.1 Å². The highest BCUT2D eigenvalue weighted by molar-refractivity contribution is 5.90. The van der Waals surface area contributed by atoms with Crippen LogP contribution >= 0.6 is 0 Å². The minimum absolute atomic E-state index is 0. The Kier molecular flexibility index (Phi) is 2.93. The molecule has 0 atom stereocenters. The fourth-order valence-electron chi connectivity index (χ4n) is 1.49. The lowest BCUT2D eigenvalue weighted by Crippen LogP contribution is -2.07. The van der Waals surface area contributed by atoms with Gasteiger partial charge in [0.1, 0.15) is 5.75 Å². The number of esters is 1. The van der Waals surface area contributed by atoms with Crippen molar-refractivity contribution in [2.45, 2.75) is 6.92 Å². The quantitative estimate of drug-likeness (QED) is 0.338. The lowest BCUT2D eigenvalue weighted by molar-refractivity contribution is -0.128. The predicted octanol–water partition coefficient (Wildman–Crippen LogP) is 2.30. The molecule has 82 valence electrons. The summed E-state index contributed by atoms with van der Waals surface area (Å²) in [6, 6.07) is 5.45. The molecule has 0 saturated heterocycles. The van der Waals surface area contributed by atoms with Gasteiger partial charge in [-0.25, -0.2) is 4.79 Å². The van der Waals surface area contributed by atoms with Crippen molar-refractivity contribution in [2.75, 3.05) is 11.9 Å². The van der Waals surface area contributed by atoms with Crippen LogP contribution in [0.1, 0.15) is 13.9 Å². The molecule has 1 aliphatic rings. The van der Waals surface area contributed by atoms with Gasteiger partial charge in [-0.15, -0.1) is 0 Å². The first-order chi connectivity index (χ1) is 7.79. The van der Waals surface area contributed by atoms with E-state index >= 15 is 0 Å². The maximum absolute atomic E-state index is 11.2. The van der Waals surface area contributed by atoms with Gasteiger partial charge in [0.15, 0.2) is 0 Å². The number of anilines is 1. The molecule has 0 bridgehead atoms. The zero-order valence-corrected chi connectivity index (χ0v) is 8.91. The molecule has 2 rings (SSSR count). The van der Waals surface area contributed by atoms with Crippen molar-refractivity contribution in [1.29, 1.82) is 0 Å². The molecule has 0 fully saturated rings. The second-order valence-corrected chi connectivity index (χ2v) is 3.30. The van der Waals surface area contributed by atoms with Gasteiger partial charge >= 0.3 is 5.97 Å². The number of hydrogen-bond donors (Lipinski definition) is 1. The van der Waals surface area contributed by atoms with Gasteiger partial charge in [-0.2, -0.15) is 0 Å². The average Bonchev–Trinajstić information content (AvgIpc) is 2.29. The smallest absolute Gasteiger partial charge is 0.389 e. The largest absolute Gasteiger partial charge is 0.417 e. The van der Waals surface area contributed by atoms with E-state index in [0.717, 1.165) is 17.8 Å². The van der Waals surface area contributed by atoms with Crippen molar-refractivity contribution >= 4 is 17.7 Å². The molecular formula is C13H13NO2. The van der Waals surface area contributed by atoms with E-state index in [2.05, 4.69) is 17.2 Å². The molecule has 0 aromatic heterocycles. The fraction of sp³-hybridized carbons (Fsp3) is 0.154. The van der Waals surface area contributed by atoms with E-state index in [1.807, 2.05) is 24.3 Å². The van der Waals surface area contributed by atoms with E-state index in [1.54, 1.807) is 13.0 Å². The second-order valence-electron chi connectivity index (χ2n) is 3.30. The van der Waals surface area contributed by atoms with Gasteiger partial charge < -0.3 is 10.1 Å². The maximum atomic E-state index is 11.2. The number of benzene rings is 1. The van der Waals surface area contributed by atoms with Crippen LogP contribution in [0.3, 0.4) is 0 Å². The van der Waals surface area contributed by atoms with E-state index in [9.17, 15) is 4.79 Å². The molecule has 1 aliphatic heterocycles. The first-order valence-electron chi connectivity index (χ1n) is 4.98. The Bertz CT molecular complexity index is 512. The summed E-state index contributed by atoms with van der Waals surface area (Å²) in [5, 5.41) is 3.21. The van der Waals surface area contributed by atoms with Crippen molar-refractivity contribution < 1.29 is 11.0 Å². The minimum atomic E-state index is -0.532. The van der Waals surface area contributed by atoms with Crippen LogP contribution in [0.4, 0.5) is 5.69 Å². The topological polar surface area (TPSA) is 38.3 Å². The van der Waals surface area contributed by atoms with Crippen molar-refractivity contribution in [1.82, 2.24) is 0 Å². The van der Waals surface area contributed by atoms with Gasteiger partial charge in [0.2, 0.25) is 0 Å². The molecular weight excluding hydrogens is 202 g/mol. The molecule has 0 radical (unpaired) electrons. The van der Waals surface area contributed by atoms with Gasteiger partial charge in [0.25, 0.3) is 0 Å². The average molecular weight is 215 g/mol. The Morgan fingerprint density at radius 3 is 3.25 bits per heavy atom. The van der Waals surface area contributed by atoms with Crippen LogP contribution in [-0.4, -0.2) is 12.5 Å². The molecule has 0 spiro atoms. The van der Waals surface area contributed by atoms with Gasteiger partial charge in [-0.05, 0) is 25.1 Å². The molecule has 3 heteroatoms. The number of ether oxygens (including phenoxy) is 1. The van der Waals surface area contributed by atoms with Crippen LogP contribution < -0.4 is 10.1 Å². The molecule has 16 heavy (non-hydrogen) atoms. The number of fused-ring (bicyclic) bond motifs is 1. The number of nitrogens with one attached hydrogen (secondary N) is 1. The lowest BCUT2D eigenvalue weighted by atomic mass is 10.1. The molecule has 1 N–H and O–H groups in total. The Morgan fingerprint density at radius 1 is 1.56 bits per heavy atom. The van der Waals surface area contributed by atoms with Gasteiger partial charge in [-0.3, -0.25) is 0 Å². The lowest BCUT2D eigenvalue weighted by Gasteiger charge is -2.13. The molecule has 0 saturated carbocycles. The summed E-state index contributed by atoms with van der Waals surface area (Å²) in [5.41, 5.74) is 2.06. The van der Waals surface area contributed by atoms with Crippen molar-refractivity contribution in [2.24, 2.45) is 0 Å². The van der Waals surface area contributed by atoms with Crippen molar-refractivity contribution in [3.05, 3.63) is 29.8 Å². The predicted molar refractivity (Wildman–Crippen MR) is 65.2 cm³/mol. The van der Waals surface area contributed by atoms with Crippen LogP contribution in [0.25, 0.3) is 6.08 Å². The Morgan fingerprint density at radius 2 is 2.44 bits per heavy atom. The van der Waals surface area contributed by atoms with E-state index < -0.39 is 5.97 Å². The third kappa shape index (κ3) is 2.23. The van der Waals surface area contributed by atoms with E-state index in [0.29, 0.717) is 5.75 Å². The van der Waals surface area contributed by atoms with Crippen LogP contribution in [0, 0.1) is 11.8 Å². The zero-order valence-electron chi connectivity index (χ0n) is 8.91. The summed E-state index contributed by atoms with van der Waals surface area (Å²) in [6.07, 6.45) is 4.01. The monoisotopic (exact) mass is 215 g/mol. The molecule has 1 heterocycles. The molecule has 0 aliphatic carbocycles. The molecule has 3 nitrogen and oxygen atoms in total. The number of carbonyl (C=O) groups excluding carboxylic acids is 1. The maximum Gasteiger partial charge on any atom is 0.389 e. The Balaban J connectivity index is 0.00000144. The highest BCUT2D eigenvalue weighted by atomic mass is 16.5. The summed E-state index contributed by atoms with van der Waals surface area (Å²) in [5.74, 6) is 4.81. The van der Waals surface area contributed by atoms with Crippen LogP contribution in [0.15, 0.2) is 24.3 Å². The number of rotatable bonds is 1. The summed E-state index contributed by atoms with van der Waals surface area (Å²) >= 11 is 0. The van der Waals surface area contributed by atoms with E-state index in [4.69, 9.17) is 4.74 Å². The first kappa shape index (κ1) is 10.3. The van der Waals surface area contributed by atoms with E-state index in [-0.39, 0.29) is 1.43 Å². The van der Waals surface area contributed by atoms with Crippen LogP contribution in [-0.2, 0) is 4.79 Å². The summed E-state index contributed by atoms with van der Waals surface area (Å²) < 4.78 is 5.05. The zero-order chi connectivity index (χ0) is 11.4. The van der Waals surface area contributed by atoms with Crippen LogP contribution in [0.2, 0.25) is 0 Å². The summed E-state index contributed by atoms with van der Waals surface area (Å²) in [4.78, 5) is 11.2. The number of carbonyl (C=O) groups is 1. The second kappa shape index (κ2) is 4.54. The standard InChI is InChI=1S/C13H11NO2.H2/c1-2-4-13(15)16-11-6-7-12-10(9-11)5-3-8-14-12;/h3,5-7,9,14H,8H2,1H3;1H. The van der Waals surface area contributed by atoms with Crippen LogP contribution in [0.5, 0.6) is 5.75 Å². The summed E-state index contributed by atoms with van der Waals surface area (Å²) in [6.45, 7) is 2.42. The third-order valence-corrected chi connectivity index (χ3v) is 2.17. The first-order valence-corrected chi connectivity index (χ1v) is 4.98. The molecule has 0 amide bonds. The SMILES string of the molecule is CC#CC(=O)Oc1ccc2c(c1)C=CCN2.[HH]. The normalized spacial score (nSPS) is 11.8. The molecule has 1 aromatic rings.